The Morgan fingerprint density at radius 1 is 1.24 bits per heavy atom. The molecule has 1 atom stereocenters. The molecule has 152 valence electrons. The number of hydrogen-bond donors (Lipinski definition) is 1. The molecule has 1 amide bonds. The lowest BCUT2D eigenvalue weighted by molar-refractivity contribution is -0.130. The van der Waals surface area contributed by atoms with E-state index >= 15 is 0 Å². The predicted molar refractivity (Wildman–Crippen MR) is 112 cm³/mol. The van der Waals surface area contributed by atoms with Crippen molar-refractivity contribution in [2.24, 2.45) is 0 Å². The summed E-state index contributed by atoms with van der Waals surface area (Å²) in [4.78, 5) is 17.0. The fourth-order valence-corrected chi connectivity index (χ4v) is 3.85. The fourth-order valence-electron chi connectivity index (χ4n) is 3.85. The molecule has 1 aliphatic rings. The smallest absolute Gasteiger partial charge is 0.249 e. The second kappa shape index (κ2) is 8.66. The Hall–Kier alpha value is -2.86. The molecule has 0 radical (unpaired) electrons. The molecule has 3 aromatic rings. The van der Waals surface area contributed by atoms with E-state index in [1.165, 1.54) is 11.1 Å². The first-order valence-electron chi connectivity index (χ1n) is 10.1. The lowest BCUT2D eigenvalue weighted by Gasteiger charge is -2.13. The first-order valence-corrected chi connectivity index (χ1v) is 10.1. The number of rotatable bonds is 7. The van der Waals surface area contributed by atoms with Gasteiger partial charge in [-0.3, -0.25) is 4.79 Å². The van der Waals surface area contributed by atoms with Gasteiger partial charge in [0, 0.05) is 6.61 Å². The van der Waals surface area contributed by atoms with E-state index < -0.39 is 0 Å². The van der Waals surface area contributed by atoms with Crippen molar-refractivity contribution in [1.29, 1.82) is 0 Å². The number of amides is 1. The highest BCUT2D eigenvalue weighted by Gasteiger charge is 2.23. The van der Waals surface area contributed by atoms with Gasteiger partial charge in [0.05, 0.1) is 24.1 Å². The minimum absolute atomic E-state index is 0.0624. The summed E-state index contributed by atoms with van der Waals surface area (Å²) in [5.41, 5.74) is 4.33. The highest BCUT2D eigenvalue weighted by molar-refractivity contribution is 5.81. The Bertz CT molecular complexity index is 986. The Labute approximate surface area is 170 Å². The number of ether oxygens (including phenoxy) is 2. The standard InChI is InChI=1S/C23H27N3O3/c1-16-12-17(2)14-18(13-16)28-11-9-26-20-7-4-3-6-19(20)25-22(26)15-24-23(27)21-8-5-10-29-21/h3-4,6-7,12-14,21H,5,8-11,15H2,1-2H3,(H,24,27). The van der Waals surface area contributed by atoms with E-state index in [-0.39, 0.29) is 12.0 Å². The Balaban J connectivity index is 1.46. The molecule has 0 aliphatic carbocycles. The highest BCUT2D eigenvalue weighted by atomic mass is 16.5. The van der Waals surface area contributed by atoms with E-state index in [1.54, 1.807) is 0 Å². The quantitative estimate of drug-likeness (QED) is 0.667. The lowest BCUT2D eigenvalue weighted by atomic mass is 10.1. The molecule has 1 unspecified atom stereocenters. The van der Waals surface area contributed by atoms with Gasteiger partial charge in [0.2, 0.25) is 5.91 Å². The van der Waals surface area contributed by atoms with Crippen LogP contribution >= 0.6 is 0 Å². The molecule has 1 N–H and O–H groups in total. The summed E-state index contributed by atoms with van der Waals surface area (Å²) in [6.07, 6.45) is 1.39. The maximum absolute atomic E-state index is 12.3. The van der Waals surface area contributed by atoms with Crippen molar-refractivity contribution in [1.82, 2.24) is 14.9 Å². The van der Waals surface area contributed by atoms with E-state index in [9.17, 15) is 4.79 Å². The van der Waals surface area contributed by atoms with E-state index in [4.69, 9.17) is 14.5 Å². The minimum atomic E-state index is -0.333. The summed E-state index contributed by atoms with van der Waals surface area (Å²) in [5.74, 6) is 1.63. The van der Waals surface area contributed by atoms with Gasteiger partial charge in [-0.15, -0.1) is 0 Å². The Morgan fingerprint density at radius 3 is 2.79 bits per heavy atom. The van der Waals surface area contributed by atoms with Crippen molar-refractivity contribution in [2.45, 2.75) is 45.9 Å². The lowest BCUT2D eigenvalue weighted by Crippen LogP contribution is -2.34. The first kappa shape index (κ1) is 19.5. The van der Waals surface area contributed by atoms with Crippen LogP contribution in [0.4, 0.5) is 0 Å². The number of hydrogen-bond acceptors (Lipinski definition) is 4. The number of fused-ring (bicyclic) bond motifs is 1. The second-order valence-electron chi connectivity index (χ2n) is 7.56. The van der Waals surface area contributed by atoms with Gasteiger partial charge in [0.1, 0.15) is 24.3 Å². The van der Waals surface area contributed by atoms with E-state index in [0.29, 0.717) is 26.3 Å². The maximum Gasteiger partial charge on any atom is 0.249 e. The summed E-state index contributed by atoms with van der Waals surface area (Å²) in [7, 11) is 0. The number of nitrogens with one attached hydrogen (secondary N) is 1. The summed E-state index contributed by atoms with van der Waals surface area (Å²) >= 11 is 0. The molecule has 1 saturated heterocycles. The van der Waals surface area contributed by atoms with Crippen LogP contribution in [0, 0.1) is 13.8 Å². The molecule has 6 nitrogen and oxygen atoms in total. The van der Waals surface area contributed by atoms with Crippen LogP contribution in [0.2, 0.25) is 0 Å². The molecular formula is C23H27N3O3. The number of carbonyl (C=O) groups is 1. The molecule has 1 aliphatic heterocycles. The third kappa shape index (κ3) is 4.59. The van der Waals surface area contributed by atoms with Gasteiger partial charge in [0.25, 0.3) is 0 Å². The van der Waals surface area contributed by atoms with Crippen molar-refractivity contribution >= 4 is 16.9 Å². The van der Waals surface area contributed by atoms with Crippen LogP contribution in [0.15, 0.2) is 42.5 Å². The zero-order chi connectivity index (χ0) is 20.2. The molecule has 4 rings (SSSR count). The molecule has 0 saturated carbocycles. The molecule has 0 spiro atoms. The van der Waals surface area contributed by atoms with Crippen LogP contribution in [0.3, 0.4) is 0 Å². The number of aromatic nitrogens is 2. The van der Waals surface area contributed by atoms with Crippen LogP contribution in [0.5, 0.6) is 5.75 Å². The molecular weight excluding hydrogens is 366 g/mol. The Morgan fingerprint density at radius 2 is 2.03 bits per heavy atom. The first-order chi connectivity index (χ1) is 14.1. The van der Waals surface area contributed by atoms with Gasteiger partial charge in [-0.05, 0) is 62.1 Å². The summed E-state index contributed by atoms with van der Waals surface area (Å²) in [5, 5.41) is 2.98. The predicted octanol–water partition coefficient (Wildman–Crippen LogP) is 3.53. The zero-order valence-electron chi connectivity index (χ0n) is 17.0. The van der Waals surface area contributed by atoms with Gasteiger partial charge in [-0.25, -0.2) is 4.98 Å². The third-order valence-corrected chi connectivity index (χ3v) is 5.16. The van der Waals surface area contributed by atoms with E-state index in [1.807, 2.05) is 36.4 Å². The van der Waals surface area contributed by atoms with Crippen molar-refractivity contribution in [3.05, 3.63) is 59.4 Å². The normalized spacial score (nSPS) is 16.3. The number of benzene rings is 2. The highest BCUT2D eigenvalue weighted by Crippen LogP contribution is 2.19. The molecule has 0 bridgehead atoms. The van der Waals surface area contributed by atoms with Gasteiger partial charge in [-0.1, -0.05) is 18.2 Å². The van der Waals surface area contributed by atoms with Gasteiger partial charge in [-0.2, -0.15) is 0 Å². The van der Waals surface area contributed by atoms with Crippen molar-refractivity contribution in [2.75, 3.05) is 13.2 Å². The number of nitrogens with zero attached hydrogens (tertiary/aromatic N) is 2. The number of imidazole rings is 1. The fraction of sp³-hybridized carbons (Fsp3) is 0.391. The maximum atomic E-state index is 12.3. The van der Waals surface area contributed by atoms with E-state index in [0.717, 1.165) is 35.4 Å². The third-order valence-electron chi connectivity index (χ3n) is 5.16. The van der Waals surface area contributed by atoms with Crippen LogP contribution < -0.4 is 10.1 Å². The molecule has 2 aromatic carbocycles. The molecule has 29 heavy (non-hydrogen) atoms. The Kier molecular flexibility index (Phi) is 5.81. The number of para-hydroxylation sites is 2. The van der Waals surface area contributed by atoms with E-state index in [2.05, 4.69) is 29.8 Å². The molecule has 2 heterocycles. The van der Waals surface area contributed by atoms with Crippen LogP contribution in [-0.4, -0.2) is 34.8 Å². The summed E-state index contributed by atoms with van der Waals surface area (Å²) in [6, 6.07) is 14.2. The number of aryl methyl sites for hydroxylation is 2. The largest absolute Gasteiger partial charge is 0.492 e. The molecule has 1 aromatic heterocycles. The van der Waals surface area contributed by atoms with Crippen molar-refractivity contribution in [3.8, 4) is 5.75 Å². The SMILES string of the molecule is Cc1cc(C)cc(OCCn2c(CNC(=O)C3CCCO3)nc3ccccc32)c1. The monoisotopic (exact) mass is 393 g/mol. The zero-order valence-corrected chi connectivity index (χ0v) is 17.0. The minimum Gasteiger partial charge on any atom is -0.492 e. The van der Waals surface area contributed by atoms with Crippen molar-refractivity contribution in [3.63, 3.8) is 0 Å². The van der Waals surface area contributed by atoms with Crippen LogP contribution in [0.1, 0.15) is 29.8 Å². The molecule has 1 fully saturated rings. The molecule has 6 heteroatoms. The second-order valence-corrected chi connectivity index (χ2v) is 7.56. The average Bonchev–Trinajstić information content (AvgIpc) is 3.34. The number of carbonyl (C=O) groups excluding carboxylic acids is 1. The summed E-state index contributed by atoms with van der Waals surface area (Å²) < 4.78 is 13.6. The van der Waals surface area contributed by atoms with Crippen LogP contribution in [0.25, 0.3) is 11.0 Å². The van der Waals surface area contributed by atoms with Crippen LogP contribution in [-0.2, 0) is 22.6 Å². The average molecular weight is 393 g/mol. The topological polar surface area (TPSA) is 65.4 Å². The van der Waals surface area contributed by atoms with Gasteiger partial charge in [0.15, 0.2) is 0 Å². The summed E-state index contributed by atoms with van der Waals surface area (Å²) in [6.45, 7) is 6.34. The van der Waals surface area contributed by atoms with Gasteiger partial charge >= 0.3 is 0 Å². The van der Waals surface area contributed by atoms with Gasteiger partial charge < -0.3 is 19.4 Å². The van der Waals surface area contributed by atoms with Crippen molar-refractivity contribution < 1.29 is 14.3 Å².